The van der Waals surface area contributed by atoms with Crippen molar-refractivity contribution in [3.8, 4) is 0 Å². The number of rotatable bonds is 3. The number of carbonyl (C=O) groups is 1. The van der Waals surface area contributed by atoms with Crippen molar-refractivity contribution in [2.24, 2.45) is 5.84 Å². The molecule has 3 rings (SSSR count). The summed E-state index contributed by atoms with van der Waals surface area (Å²) in [5.41, 5.74) is 4.65. The van der Waals surface area contributed by atoms with Crippen molar-refractivity contribution >= 4 is 38.3 Å². The largest absolute Gasteiger partial charge is 0.322 e. The zero-order valence-electron chi connectivity index (χ0n) is 10.5. The van der Waals surface area contributed by atoms with Gasteiger partial charge in [0.15, 0.2) is 5.13 Å². The van der Waals surface area contributed by atoms with Gasteiger partial charge in [-0.3, -0.25) is 10.2 Å². The number of carbonyl (C=O) groups excluding carboxylic acids is 1. The number of aromatic nitrogens is 1. The number of anilines is 2. The Hall–Kier alpha value is -2.44. The maximum absolute atomic E-state index is 12.1. The summed E-state index contributed by atoms with van der Waals surface area (Å²) in [6, 6.07) is 14.7. The molecule has 0 radical (unpaired) electrons. The van der Waals surface area contributed by atoms with Gasteiger partial charge in [0.25, 0.3) is 5.91 Å². The number of hydrogen-bond acceptors (Lipinski definition) is 5. The highest BCUT2D eigenvalue weighted by molar-refractivity contribution is 7.22. The molecule has 1 aromatic heterocycles. The van der Waals surface area contributed by atoms with E-state index in [9.17, 15) is 4.79 Å². The van der Waals surface area contributed by atoms with E-state index >= 15 is 0 Å². The molecular formula is C14H12N4OS. The Balaban J connectivity index is 1.85. The predicted molar refractivity (Wildman–Crippen MR) is 81.8 cm³/mol. The molecule has 0 fully saturated rings. The number of fused-ring (bicyclic) bond motifs is 1. The first-order valence-corrected chi connectivity index (χ1v) is 6.81. The van der Waals surface area contributed by atoms with E-state index in [0.29, 0.717) is 16.4 Å². The summed E-state index contributed by atoms with van der Waals surface area (Å²) in [5.74, 6) is 5.20. The van der Waals surface area contributed by atoms with E-state index < -0.39 is 0 Å². The number of amides is 1. The number of nitrogens with two attached hydrogens (primary N) is 1. The van der Waals surface area contributed by atoms with Gasteiger partial charge < -0.3 is 5.32 Å². The summed E-state index contributed by atoms with van der Waals surface area (Å²) in [5, 5.41) is 3.50. The van der Waals surface area contributed by atoms with Gasteiger partial charge in [-0.05, 0) is 30.3 Å². The van der Waals surface area contributed by atoms with Gasteiger partial charge in [0, 0.05) is 11.3 Å². The standard InChI is InChI=1S/C14H12N4OS/c15-18-14-17-11-8-10(6-7-12(11)20-14)16-13(19)9-4-2-1-3-5-9/h1-8H,15H2,(H,16,19)(H,17,18). The molecule has 20 heavy (non-hydrogen) atoms. The second kappa shape index (κ2) is 5.28. The fraction of sp³-hybridized carbons (Fsp3) is 0. The van der Waals surface area contributed by atoms with Gasteiger partial charge in [0.2, 0.25) is 0 Å². The van der Waals surface area contributed by atoms with Crippen LogP contribution >= 0.6 is 11.3 Å². The highest BCUT2D eigenvalue weighted by Gasteiger charge is 2.07. The molecule has 0 atom stereocenters. The van der Waals surface area contributed by atoms with Crippen LogP contribution in [0.5, 0.6) is 0 Å². The van der Waals surface area contributed by atoms with Gasteiger partial charge in [-0.1, -0.05) is 29.5 Å². The maximum Gasteiger partial charge on any atom is 0.255 e. The highest BCUT2D eigenvalue weighted by Crippen LogP contribution is 2.27. The number of thiazole rings is 1. The van der Waals surface area contributed by atoms with Gasteiger partial charge in [-0.15, -0.1) is 0 Å². The first-order chi connectivity index (χ1) is 9.76. The monoisotopic (exact) mass is 284 g/mol. The molecule has 0 aliphatic rings. The summed E-state index contributed by atoms with van der Waals surface area (Å²) < 4.78 is 1.01. The Morgan fingerprint density at radius 2 is 1.95 bits per heavy atom. The topological polar surface area (TPSA) is 80.0 Å². The number of hydrogen-bond donors (Lipinski definition) is 3. The summed E-state index contributed by atoms with van der Waals surface area (Å²) in [7, 11) is 0. The van der Waals surface area contributed by atoms with Crippen LogP contribution in [0.15, 0.2) is 48.5 Å². The van der Waals surface area contributed by atoms with Crippen LogP contribution in [-0.4, -0.2) is 10.9 Å². The molecule has 0 bridgehead atoms. The SMILES string of the molecule is NNc1nc2cc(NC(=O)c3ccccc3)ccc2s1. The summed E-state index contributed by atoms with van der Waals surface area (Å²) >= 11 is 1.46. The zero-order chi connectivity index (χ0) is 13.9. The predicted octanol–water partition coefficient (Wildman–Crippen LogP) is 2.83. The van der Waals surface area contributed by atoms with Crippen LogP contribution in [0.2, 0.25) is 0 Å². The molecule has 0 aliphatic carbocycles. The quantitative estimate of drug-likeness (QED) is 0.510. The molecule has 0 saturated carbocycles. The maximum atomic E-state index is 12.1. The van der Waals surface area contributed by atoms with Crippen LogP contribution in [0.1, 0.15) is 10.4 Å². The average Bonchev–Trinajstić information content (AvgIpc) is 2.90. The van der Waals surface area contributed by atoms with E-state index in [1.807, 2.05) is 36.4 Å². The lowest BCUT2D eigenvalue weighted by Crippen LogP contribution is -2.11. The first kappa shape index (κ1) is 12.6. The molecule has 1 heterocycles. The third-order valence-corrected chi connectivity index (χ3v) is 3.77. The smallest absolute Gasteiger partial charge is 0.255 e. The molecule has 0 aliphatic heterocycles. The first-order valence-electron chi connectivity index (χ1n) is 6.00. The van der Waals surface area contributed by atoms with Crippen LogP contribution in [0.4, 0.5) is 10.8 Å². The number of benzene rings is 2. The third kappa shape index (κ3) is 2.47. The molecule has 0 spiro atoms. The lowest BCUT2D eigenvalue weighted by molar-refractivity contribution is 0.102. The van der Waals surface area contributed by atoms with Crippen molar-refractivity contribution in [2.75, 3.05) is 10.7 Å². The van der Waals surface area contributed by atoms with E-state index in [-0.39, 0.29) is 5.91 Å². The van der Waals surface area contributed by atoms with E-state index in [1.165, 1.54) is 11.3 Å². The Morgan fingerprint density at radius 1 is 1.15 bits per heavy atom. The van der Waals surface area contributed by atoms with E-state index in [4.69, 9.17) is 5.84 Å². The van der Waals surface area contributed by atoms with Crippen LogP contribution in [-0.2, 0) is 0 Å². The van der Waals surface area contributed by atoms with Crippen molar-refractivity contribution in [3.63, 3.8) is 0 Å². The van der Waals surface area contributed by atoms with Gasteiger partial charge >= 0.3 is 0 Å². The van der Waals surface area contributed by atoms with E-state index in [2.05, 4.69) is 15.7 Å². The minimum Gasteiger partial charge on any atom is -0.322 e. The Kier molecular flexibility index (Phi) is 3.32. The molecule has 2 aromatic carbocycles. The molecule has 1 amide bonds. The fourth-order valence-corrected chi connectivity index (χ4v) is 2.62. The van der Waals surface area contributed by atoms with E-state index in [0.717, 1.165) is 10.2 Å². The van der Waals surface area contributed by atoms with Crippen LogP contribution in [0.25, 0.3) is 10.2 Å². The second-order valence-corrected chi connectivity index (χ2v) is 5.20. The molecular weight excluding hydrogens is 272 g/mol. The van der Waals surface area contributed by atoms with Crippen molar-refractivity contribution in [2.45, 2.75) is 0 Å². The zero-order valence-corrected chi connectivity index (χ0v) is 11.3. The summed E-state index contributed by atoms with van der Waals surface area (Å²) in [6.45, 7) is 0. The van der Waals surface area contributed by atoms with Crippen LogP contribution in [0.3, 0.4) is 0 Å². The normalized spacial score (nSPS) is 10.4. The molecule has 3 aromatic rings. The minimum absolute atomic E-state index is 0.141. The molecule has 0 saturated heterocycles. The summed E-state index contributed by atoms with van der Waals surface area (Å²) in [6.07, 6.45) is 0. The van der Waals surface area contributed by atoms with Crippen LogP contribution < -0.4 is 16.6 Å². The Bertz CT molecular complexity index is 754. The molecule has 5 nitrogen and oxygen atoms in total. The molecule has 100 valence electrons. The average molecular weight is 284 g/mol. The lowest BCUT2D eigenvalue weighted by atomic mass is 10.2. The number of nitrogens with zero attached hydrogens (tertiary/aromatic N) is 1. The minimum atomic E-state index is -0.141. The van der Waals surface area contributed by atoms with Gasteiger partial charge in [0.1, 0.15) is 0 Å². The van der Waals surface area contributed by atoms with E-state index in [1.54, 1.807) is 12.1 Å². The third-order valence-electron chi connectivity index (χ3n) is 2.80. The molecule has 4 N–H and O–H groups in total. The van der Waals surface area contributed by atoms with Gasteiger partial charge in [-0.25, -0.2) is 10.8 Å². The number of hydrazine groups is 1. The molecule has 0 unspecified atom stereocenters. The van der Waals surface area contributed by atoms with Crippen molar-refractivity contribution < 1.29 is 4.79 Å². The van der Waals surface area contributed by atoms with Crippen molar-refractivity contribution in [3.05, 3.63) is 54.1 Å². The van der Waals surface area contributed by atoms with Crippen molar-refractivity contribution in [1.82, 2.24) is 4.98 Å². The van der Waals surface area contributed by atoms with Gasteiger partial charge in [-0.2, -0.15) is 0 Å². The van der Waals surface area contributed by atoms with Crippen molar-refractivity contribution in [1.29, 1.82) is 0 Å². The van der Waals surface area contributed by atoms with Crippen LogP contribution in [0, 0.1) is 0 Å². The lowest BCUT2D eigenvalue weighted by Gasteiger charge is -2.04. The highest BCUT2D eigenvalue weighted by atomic mass is 32.1. The number of nitrogens with one attached hydrogen (secondary N) is 2. The molecule has 6 heteroatoms. The fourth-order valence-electron chi connectivity index (χ4n) is 1.86. The Morgan fingerprint density at radius 3 is 2.70 bits per heavy atom. The Labute approximate surface area is 119 Å². The summed E-state index contributed by atoms with van der Waals surface area (Å²) in [4.78, 5) is 16.4. The number of nitrogen functional groups attached to an aromatic ring is 1. The second-order valence-electron chi connectivity index (χ2n) is 4.17. The van der Waals surface area contributed by atoms with Gasteiger partial charge in [0.05, 0.1) is 10.2 Å².